The van der Waals surface area contributed by atoms with Crippen LogP contribution in [0.3, 0.4) is 0 Å². The number of hydrogen-bond donors (Lipinski definition) is 0. The molecule has 0 saturated carbocycles. The Morgan fingerprint density at radius 2 is 1.82 bits per heavy atom. The average Bonchev–Trinajstić information content (AvgIpc) is 2.49. The molecule has 0 atom stereocenters. The van der Waals surface area contributed by atoms with Gasteiger partial charge in [-0.1, -0.05) is 23.7 Å². The Morgan fingerprint density at radius 1 is 1.09 bits per heavy atom. The first-order valence-electron chi connectivity index (χ1n) is 6.65. The van der Waals surface area contributed by atoms with Gasteiger partial charge in [-0.15, -0.1) is 0 Å². The van der Waals surface area contributed by atoms with Crippen LogP contribution in [0.4, 0.5) is 5.69 Å². The fourth-order valence-corrected chi connectivity index (χ4v) is 2.47. The summed E-state index contributed by atoms with van der Waals surface area (Å²) in [6, 6.07) is 10.1. The summed E-state index contributed by atoms with van der Waals surface area (Å²) < 4.78 is 0. The number of nitro groups is 1. The van der Waals surface area contributed by atoms with Gasteiger partial charge in [0.1, 0.15) is 5.15 Å². The predicted molar refractivity (Wildman–Crippen MR) is 86.1 cm³/mol. The molecule has 3 aromatic rings. The molecule has 2 aromatic carbocycles. The zero-order valence-electron chi connectivity index (χ0n) is 12.0. The van der Waals surface area contributed by atoms with Crippen molar-refractivity contribution in [1.29, 1.82) is 0 Å². The van der Waals surface area contributed by atoms with Crippen LogP contribution < -0.4 is 0 Å². The van der Waals surface area contributed by atoms with Crippen molar-refractivity contribution in [2.75, 3.05) is 0 Å². The van der Waals surface area contributed by atoms with E-state index in [0.717, 1.165) is 22.0 Å². The Labute approximate surface area is 131 Å². The maximum Gasteiger partial charge on any atom is 0.270 e. The molecular formula is C16H12ClN3O2. The van der Waals surface area contributed by atoms with E-state index in [4.69, 9.17) is 11.6 Å². The van der Waals surface area contributed by atoms with Crippen molar-refractivity contribution in [3.8, 4) is 11.4 Å². The maximum absolute atomic E-state index is 10.9. The molecule has 0 aliphatic rings. The molecule has 0 saturated heterocycles. The molecule has 0 fully saturated rings. The topological polar surface area (TPSA) is 68.9 Å². The second-order valence-electron chi connectivity index (χ2n) is 5.10. The lowest BCUT2D eigenvalue weighted by molar-refractivity contribution is -0.384. The van der Waals surface area contributed by atoms with Crippen LogP contribution in [0.15, 0.2) is 36.4 Å². The average molecular weight is 314 g/mol. The molecule has 0 N–H and O–H groups in total. The second kappa shape index (κ2) is 5.35. The molecule has 6 heteroatoms. The van der Waals surface area contributed by atoms with E-state index in [1.165, 1.54) is 12.1 Å². The van der Waals surface area contributed by atoms with Gasteiger partial charge in [-0.05, 0) is 37.1 Å². The number of rotatable bonds is 2. The lowest BCUT2D eigenvalue weighted by Crippen LogP contribution is -1.95. The summed E-state index contributed by atoms with van der Waals surface area (Å²) in [5, 5.41) is 12.0. The van der Waals surface area contributed by atoms with Gasteiger partial charge in [-0.2, -0.15) is 0 Å². The summed E-state index contributed by atoms with van der Waals surface area (Å²) in [5.41, 5.74) is 3.51. The quantitative estimate of drug-likeness (QED) is 0.397. The van der Waals surface area contributed by atoms with Crippen LogP contribution in [0.1, 0.15) is 11.1 Å². The van der Waals surface area contributed by atoms with Crippen molar-refractivity contribution in [2.45, 2.75) is 13.8 Å². The third-order valence-electron chi connectivity index (χ3n) is 3.58. The minimum Gasteiger partial charge on any atom is -0.258 e. The molecule has 0 radical (unpaired) electrons. The highest BCUT2D eigenvalue weighted by Crippen LogP contribution is 2.28. The summed E-state index contributed by atoms with van der Waals surface area (Å²) >= 11 is 6.25. The fourth-order valence-electron chi connectivity index (χ4n) is 2.24. The zero-order valence-corrected chi connectivity index (χ0v) is 12.8. The number of nitro benzene ring substituents is 1. The molecule has 110 valence electrons. The first-order valence-corrected chi connectivity index (χ1v) is 7.03. The van der Waals surface area contributed by atoms with Gasteiger partial charge in [0, 0.05) is 23.1 Å². The Hall–Kier alpha value is -2.53. The molecule has 5 nitrogen and oxygen atoms in total. The van der Waals surface area contributed by atoms with Crippen LogP contribution in [-0.4, -0.2) is 14.9 Å². The monoisotopic (exact) mass is 313 g/mol. The van der Waals surface area contributed by atoms with Crippen molar-refractivity contribution >= 4 is 28.2 Å². The third-order valence-corrected chi connectivity index (χ3v) is 3.87. The van der Waals surface area contributed by atoms with Crippen molar-refractivity contribution < 1.29 is 4.92 Å². The van der Waals surface area contributed by atoms with Crippen molar-refractivity contribution in [2.24, 2.45) is 0 Å². The number of fused-ring (bicyclic) bond motifs is 1. The van der Waals surface area contributed by atoms with Gasteiger partial charge in [0.15, 0.2) is 5.82 Å². The molecule has 0 amide bonds. The predicted octanol–water partition coefficient (Wildman–Crippen LogP) is 4.48. The Kier molecular flexibility index (Phi) is 3.50. The van der Waals surface area contributed by atoms with E-state index in [0.29, 0.717) is 16.5 Å². The molecule has 1 heterocycles. The zero-order chi connectivity index (χ0) is 15.9. The SMILES string of the molecule is Cc1cc2nc(-c3cccc([N+](=O)[O-])c3)nc(Cl)c2cc1C. The lowest BCUT2D eigenvalue weighted by Gasteiger charge is -2.07. The van der Waals surface area contributed by atoms with Gasteiger partial charge >= 0.3 is 0 Å². The molecule has 0 aliphatic heterocycles. The number of benzene rings is 2. The summed E-state index contributed by atoms with van der Waals surface area (Å²) in [5.74, 6) is 0.379. The van der Waals surface area contributed by atoms with E-state index in [1.54, 1.807) is 12.1 Å². The molecule has 0 unspecified atom stereocenters. The Balaban J connectivity index is 2.22. The Morgan fingerprint density at radius 3 is 2.55 bits per heavy atom. The van der Waals surface area contributed by atoms with Crippen molar-refractivity contribution in [3.05, 3.63) is 62.8 Å². The first-order chi connectivity index (χ1) is 10.5. The van der Waals surface area contributed by atoms with E-state index in [9.17, 15) is 10.1 Å². The fraction of sp³-hybridized carbons (Fsp3) is 0.125. The van der Waals surface area contributed by atoms with Gasteiger partial charge in [-0.25, -0.2) is 9.97 Å². The van der Waals surface area contributed by atoms with Crippen LogP contribution in [0.2, 0.25) is 5.15 Å². The van der Waals surface area contributed by atoms with E-state index in [-0.39, 0.29) is 5.69 Å². The number of non-ortho nitro benzene ring substituents is 1. The van der Waals surface area contributed by atoms with Crippen molar-refractivity contribution in [1.82, 2.24) is 9.97 Å². The van der Waals surface area contributed by atoms with Gasteiger partial charge < -0.3 is 0 Å². The Bertz CT molecular complexity index is 909. The molecular weight excluding hydrogens is 302 g/mol. The van der Waals surface area contributed by atoms with E-state index in [1.807, 2.05) is 26.0 Å². The number of halogens is 1. The molecule has 0 spiro atoms. The first kappa shape index (κ1) is 14.4. The van der Waals surface area contributed by atoms with Crippen LogP contribution in [0.5, 0.6) is 0 Å². The third kappa shape index (κ3) is 2.51. The van der Waals surface area contributed by atoms with E-state index >= 15 is 0 Å². The van der Waals surface area contributed by atoms with Crippen LogP contribution >= 0.6 is 11.6 Å². The molecule has 0 aliphatic carbocycles. The lowest BCUT2D eigenvalue weighted by atomic mass is 10.1. The number of aromatic nitrogens is 2. The highest BCUT2D eigenvalue weighted by Gasteiger charge is 2.12. The normalized spacial score (nSPS) is 10.9. The molecule has 3 rings (SSSR count). The minimum atomic E-state index is -0.445. The van der Waals surface area contributed by atoms with Gasteiger partial charge in [0.05, 0.1) is 10.4 Å². The smallest absolute Gasteiger partial charge is 0.258 e. The number of hydrogen-bond acceptors (Lipinski definition) is 4. The molecule has 0 bridgehead atoms. The standard InChI is InChI=1S/C16H12ClN3O2/c1-9-6-13-14(7-10(9)2)18-16(19-15(13)17)11-4-3-5-12(8-11)20(21)22/h3-8H,1-2H3. The summed E-state index contributed by atoms with van der Waals surface area (Å²) in [6.07, 6.45) is 0. The van der Waals surface area contributed by atoms with Crippen LogP contribution in [0.25, 0.3) is 22.3 Å². The van der Waals surface area contributed by atoms with Crippen LogP contribution in [0, 0.1) is 24.0 Å². The number of nitrogens with zero attached hydrogens (tertiary/aromatic N) is 3. The minimum absolute atomic E-state index is 0.00240. The molecule has 1 aromatic heterocycles. The van der Waals surface area contributed by atoms with E-state index < -0.39 is 4.92 Å². The van der Waals surface area contributed by atoms with Crippen LogP contribution in [-0.2, 0) is 0 Å². The van der Waals surface area contributed by atoms with Gasteiger partial charge in [-0.3, -0.25) is 10.1 Å². The molecule has 22 heavy (non-hydrogen) atoms. The summed E-state index contributed by atoms with van der Waals surface area (Å²) in [4.78, 5) is 19.2. The highest BCUT2D eigenvalue weighted by molar-refractivity contribution is 6.34. The number of aryl methyl sites for hydroxylation is 2. The maximum atomic E-state index is 10.9. The highest BCUT2D eigenvalue weighted by atomic mass is 35.5. The summed E-state index contributed by atoms with van der Waals surface area (Å²) in [7, 11) is 0. The van der Waals surface area contributed by atoms with Gasteiger partial charge in [0.2, 0.25) is 0 Å². The largest absolute Gasteiger partial charge is 0.270 e. The van der Waals surface area contributed by atoms with Gasteiger partial charge in [0.25, 0.3) is 5.69 Å². The summed E-state index contributed by atoms with van der Waals surface area (Å²) in [6.45, 7) is 4.00. The second-order valence-corrected chi connectivity index (χ2v) is 5.46. The van der Waals surface area contributed by atoms with E-state index in [2.05, 4.69) is 9.97 Å². The van der Waals surface area contributed by atoms with Crippen molar-refractivity contribution in [3.63, 3.8) is 0 Å².